The van der Waals surface area contributed by atoms with Gasteiger partial charge in [-0.1, -0.05) is 0 Å². The van der Waals surface area contributed by atoms with E-state index in [4.69, 9.17) is 29.9 Å². The lowest BCUT2D eigenvalue weighted by Crippen LogP contribution is -2.34. The van der Waals surface area contributed by atoms with Crippen molar-refractivity contribution in [2.45, 2.75) is 69.0 Å². The fourth-order valence-corrected chi connectivity index (χ4v) is 4.43. The Morgan fingerprint density at radius 3 is 1.50 bits per heavy atom. The van der Waals surface area contributed by atoms with Crippen LogP contribution in [0.1, 0.15) is 38.5 Å². The quantitative estimate of drug-likeness (QED) is 0.238. The maximum absolute atomic E-state index is 9.31. The minimum absolute atomic E-state index is 0.0220. The van der Waals surface area contributed by atoms with Crippen LogP contribution in [0.2, 0.25) is 0 Å². The van der Waals surface area contributed by atoms with Crippen LogP contribution in [0.4, 0.5) is 0 Å². The van der Waals surface area contributed by atoms with Crippen LogP contribution in [0.15, 0.2) is 0 Å². The molecule has 12 nitrogen and oxygen atoms in total. The maximum Gasteiger partial charge on any atom is 0.0899 e. The molecule has 0 aliphatic carbocycles. The summed E-state index contributed by atoms with van der Waals surface area (Å²) in [6.07, 6.45) is 5.12. The molecular formula is C30H69N5O7. The topological polar surface area (TPSA) is 136 Å². The summed E-state index contributed by atoms with van der Waals surface area (Å²) in [6.45, 7) is 8.04. The smallest absolute Gasteiger partial charge is 0.0899 e. The first-order chi connectivity index (χ1) is 19.7. The van der Waals surface area contributed by atoms with Gasteiger partial charge in [0.1, 0.15) is 0 Å². The Hall–Kier alpha value is -0.480. The Kier molecular flexibility index (Phi) is 29.1. The third-order valence-electron chi connectivity index (χ3n) is 6.51. The molecule has 3 heterocycles. The first-order valence-corrected chi connectivity index (χ1v) is 15.4. The number of hydrogen-bond donors (Lipinski definition) is 5. The maximum atomic E-state index is 9.31. The highest BCUT2D eigenvalue weighted by molar-refractivity contribution is 4.68. The van der Waals surface area contributed by atoms with E-state index in [2.05, 4.69) is 16.8 Å². The number of likely N-dealkylation sites (N-methyl/N-ethyl adjacent to an activating group) is 4. The summed E-state index contributed by atoms with van der Waals surface area (Å²) in [5.41, 5.74) is 0. The number of piperidine rings is 2. The molecule has 42 heavy (non-hydrogen) atoms. The molecule has 3 aliphatic rings. The van der Waals surface area contributed by atoms with Gasteiger partial charge in [-0.25, -0.2) is 0 Å². The van der Waals surface area contributed by atoms with Gasteiger partial charge in [0.15, 0.2) is 0 Å². The van der Waals surface area contributed by atoms with E-state index in [1.54, 1.807) is 7.11 Å². The standard InChI is InChI=1S/C7H18N2O.C6H15NO2.2C6H13NO.C5H10O2/c1-8(2)5-7(10)6-9(3)4;1-7(2)4-6(8)5-9-3;1-7-4-2-6(8)3-5-7;1-7-4-2-3-6(8)5-7;6-5-2-1-3-7-4-5/h7,10H,5-6H2,1-4H3;6,8H,4-5H2,1-3H3;2*6,8H,2-5H2,1H3;5-6H,1-4H2. The van der Waals surface area contributed by atoms with Gasteiger partial charge < -0.3 is 59.5 Å². The van der Waals surface area contributed by atoms with Crippen molar-refractivity contribution in [2.24, 2.45) is 0 Å². The number of methoxy groups -OCH3 is 1. The van der Waals surface area contributed by atoms with Gasteiger partial charge in [-0.05, 0) is 101 Å². The van der Waals surface area contributed by atoms with Crippen LogP contribution in [0.3, 0.4) is 0 Å². The summed E-state index contributed by atoms with van der Waals surface area (Å²) < 4.78 is 9.66. The average Bonchev–Trinajstić information content (AvgIpc) is 2.86. The van der Waals surface area contributed by atoms with Crippen molar-refractivity contribution in [3.05, 3.63) is 0 Å². The van der Waals surface area contributed by atoms with E-state index in [9.17, 15) is 5.11 Å². The van der Waals surface area contributed by atoms with E-state index >= 15 is 0 Å². The number of aliphatic hydroxyl groups excluding tert-OH is 5. The van der Waals surface area contributed by atoms with Gasteiger partial charge in [-0.2, -0.15) is 0 Å². The Balaban J connectivity index is 0. The minimum atomic E-state index is -0.356. The number of ether oxygens (including phenoxy) is 2. The SMILES string of the molecule is CN(C)CC(O)CN(C)C.CN1CCC(O)CC1.CN1CCCC(O)C1.COCC(O)CN(C)C.OC1CCCOC1. The monoisotopic (exact) mass is 612 g/mol. The molecule has 3 rings (SSSR count). The van der Waals surface area contributed by atoms with Crippen molar-refractivity contribution < 1.29 is 35.0 Å². The number of β-amino-alcohol motifs (C(OH)–C–C–N with tert-alkyl or cyclic N) is 1. The van der Waals surface area contributed by atoms with Gasteiger partial charge >= 0.3 is 0 Å². The van der Waals surface area contributed by atoms with Gasteiger partial charge in [0, 0.05) is 53.0 Å². The van der Waals surface area contributed by atoms with Crippen molar-refractivity contribution in [3.63, 3.8) is 0 Å². The second-order valence-electron chi connectivity index (χ2n) is 12.5. The summed E-state index contributed by atoms with van der Waals surface area (Å²) in [4.78, 5) is 10.3. The highest BCUT2D eigenvalue weighted by atomic mass is 16.5. The van der Waals surface area contributed by atoms with Crippen LogP contribution in [-0.4, -0.2) is 210 Å². The van der Waals surface area contributed by atoms with Gasteiger partial charge in [-0.3, -0.25) is 0 Å². The molecule has 3 atom stereocenters. The lowest BCUT2D eigenvalue weighted by Gasteiger charge is -2.25. The van der Waals surface area contributed by atoms with Gasteiger partial charge in [-0.15, -0.1) is 0 Å². The number of nitrogens with zero attached hydrogens (tertiary/aromatic N) is 5. The molecule has 0 amide bonds. The van der Waals surface area contributed by atoms with Crippen LogP contribution in [-0.2, 0) is 9.47 Å². The molecule has 3 saturated heterocycles. The molecule has 3 unspecified atom stereocenters. The minimum Gasteiger partial charge on any atom is -0.393 e. The van der Waals surface area contributed by atoms with Gasteiger partial charge in [0.05, 0.1) is 43.7 Å². The molecule has 0 aromatic carbocycles. The lowest BCUT2D eigenvalue weighted by molar-refractivity contribution is -0.00535. The van der Waals surface area contributed by atoms with E-state index in [-0.39, 0.29) is 30.5 Å². The lowest BCUT2D eigenvalue weighted by atomic mass is 10.1. The van der Waals surface area contributed by atoms with Crippen LogP contribution in [0.5, 0.6) is 0 Å². The third kappa shape index (κ3) is 32.4. The second kappa shape index (κ2) is 28.0. The molecule has 0 bridgehead atoms. The first kappa shape index (κ1) is 43.6. The Labute approximate surface area is 257 Å². The highest BCUT2D eigenvalue weighted by Gasteiger charge is 2.13. The molecular weight excluding hydrogens is 542 g/mol. The normalized spacial score (nSPS) is 22.7. The number of hydrogen-bond acceptors (Lipinski definition) is 12. The van der Waals surface area contributed by atoms with Crippen molar-refractivity contribution in [3.8, 4) is 0 Å². The van der Waals surface area contributed by atoms with E-state index in [0.717, 1.165) is 84.4 Å². The van der Waals surface area contributed by atoms with Crippen molar-refractivity contribution in [2.75, 3.05) is 129 Å². The largest absolute Gasteiger partial charge is 0.393 e. The Morgan fingerprint density at radius 1 is 0.690 bits per heavy atom. The van der Waals surface area contributed by atoms with Crippen LogP contribution >= 0.6 is 0 Å². The fraction of sp³-hybridized carbons (Fsp3) is 1.00. The third-order valence-corrected chi connectivity index (χ3v) is 6.51. The zero-order chi connectivity index (χ0) is 32.5. The molecule has 3 aliphatic heterocycles. The average molecular weight is 612 g/mol. The van der Waals surface area contributed by atoms with E-state index < -0.39 is 0 Å². The Morgan fingerprint density at radius 2 is 1.19 bits per heavy atom. The molecule has 3 fully saturated rings. The molecule has 5 N–H and O–H groups in total. The Bertz CT molecular complexity index is 536. The van der Waals surface area contributed by atoms with Gasteiger partial charge in [0.2, 0.25) is 0 Å². The molecule has 0 aromatic heterocycles. The first-order valence-electron chi connectivity index (χ1n) is 15.4. The number of likely N-dealkylation sites (tertiary alicyclic amines) is 2. The number of aliphatic hydroxyl groups is 5. The van der Waals surface area contributed by atoms with E-state index in [1.165, 1.54) is 0 Å². The molecule has 0 radical (unpaired) electrons. The van der Waals surface area contributed by atoms with E-state index in [1.807, 2.05) is 64.0 Å². The zero-order valence-corrected chi connectivity index (χ0v) is 28.5. The van der Waals surface area contributed by atoms with Crippen molar-refractivity contribution in [1.29, 1.82) is 0 Å². The molecule has 256 valence electrons. The summed E-state index contributed by atoms with van der Waals surface area (Å²) in [5, 5.41) is 45.2. The molecule has 0 spiro atoms. The fourth-order valence-electron chi connectivity index (χ4n) is 4.43. The van der Waals surface area contributed by atoms with E-state index in [0.29, 0.717) is 19.8 Å². The van der Waals surface area contributed by atoms with Crippen molar-refractivity contribution >= 4 is 0 Å². The predicted octanol–water partition coefficient (Wildman–Crippen LogP) is -0.671. The van der Waals surface area contributed by atoms with Crippen LogP contribution < -0.4 is 0 Å². The highest BCUT2D eigenvalue weighted by Crippen LogP contribution is 2.07. The number of rotatable bonds is 8. The predicted molar refractivity (Wildman–Crippen MR) is 171 cm³/mol. The van der Waals surface area contributed by atoms with Crippen LogP contribution in [0.25, 0.3) is 0 Å². The summed E-state index contributed by atoms with van der Waals surface area (Å²) in [6, 6.07) is 0. The van der Waals surface area contributed by atoms with Crippen LogP contribution in [0, 0.1) is 0 Å². The second-order valence-corrected chi connectivity index (χ2v) is 12.5. The summed E-state index contributed by atoms with van der Waals surface area (Å²) >= 11 is 0. The summed E-state index contributed by atoms with van der Waals surface area (Å²) in [7, 11) is 17.4. The molecule has 0 saturated carbocycles. The molecule has 12 heteroatoms. The van der Waals surface area contributed by atoms with Crippen molar-refractivity contribution in [1.82, 2.24) is 24.5 Å². The zero-order valence-electron chi connectivity index (χ0n) is 28.5. The molecule has 0 aromatic rings. The van der Waals surface area contributed by atoms with Gasteiger partial charge in [0.25, 0.3) is 0 Å². The summed E-state index contributed by atoms with van der Waals surface area (Å²) in [5.74, 6) is 0.